The third-order valence-electron chi connectivity index (χ3n) is 4.18. The molecule has 2 rings (SSSR count). The molecule has 2 unspecified atom stereocenters. The van der Waals surface area contributed by atoms with Crippen LogP contribution in [0.2, 0.25) is 0 Å². The van der Waals surface area contributed by atoms with Gasteiger partial charge in [0.25, 0.3) is 5.69 Å². The van der Waals surface area contributed by atoms with E-state index in [0.717, 1.165) is 16.4 Å². The van der Waals surface area contributed by atoms with Crippen LogP contribution in [-0.4, -0.2) is 22.0 Å². The maximum atomic E-state index is 11.6. The minimum atomic E-state index is -0.894. The van der Waals surface area contributed by atoms with Crippen LogP contribution in [0.25, 0.3) is 0 Å². The Labute approximate surface area is 136 Å². The van der Waals surface area contributed by atoms with Crippen LogP contribution in [0.15, 0.2) is 18.2 Å². The summed E-state index contributed by atoms with van der Waals surface area (Å²) in [6.45, 7) is 1.71. The summed E-state index contributed by atoms with van der Waals surface area (Å²) in [7, 11) is 0. The topological polar surface area (TPSA) is 92.5 Å². The summed E-state index contributed by atoms with van der Waals surface area (Å²) in [4.78, 5) is 22.3. The Morgan fingerprint density at radius 1 is 1.52 bits per heavy atom. The number of rotatable bonds is 4. The van der Waals surface area contributed by atoms with Crippen molar-refractivity contribution in [2.75, 3.05) is 5.32 Å². The van der Waals surface area contributed by atoms with Crippen molar-refractivity contribution in [3.8, 4) is 0 Å². The lowest BCUT2D eigenvalue weighted by Gasteiger charge is -2.38. The molecule has 0 aliphatic heterocycles. The molecule has 114 valence electrons. The van der Waals surface area contributed by atoms with E-state index in [1.54, 1.807) is 19.1 Å². The standard InChI is InChI=1S/C14H17IN2O4/c1-14(13(18)19)7-3-2-4-12(14)16-10-6-5-9(15)8-11(10)17(20)21/h5-6,8,12,16H,2-4,7H2,1H3,(H,18,19). The molecule has 2 atom stereocenters. The number of nitro groups is 1. The summed E-state index contributed by atoms with van der Waals surface area (Å²) in [5.74, 6) is -0.854. The van der Waals surface area contributed by atoms with Crippen molar-refractivity contribution >= 4 is 39.9 Å². The third kappa shape index (κ3) is 3.28. The molecule has 0 radical (unpaired) electrons. The van der Waals surface area contributed by atoms with Crippen molar-refractivity contribution in [1.29, 1.82) is 0 Å². The zero-order valence-electron chi connectivity index (χ0n) is 11.6. The van der Waals surface area contributed by atoms with Crippen LogP contribution in [0.4, 0.5) is 11.4 Å². The van der Waals surface area contributed by atoms with Gasteiger partial charge in [0.05, 0.1) is 10.3 Å². The van der Waals surface area contributed by atoms with Gasteiger partial charge < -0.3 is 10.4 Å². The van der Waals surface area contributed by atoms with E-state index in [2.05, 4.69) is 5.32 Å². The summed E-state index contributed by atoms with van der Waals surface area (Å²) in [5, 5.41) is 23.8. The first-order valence-corrected chi connectivity index (χ1v) is 7.86. The lowest BCUT2D eigenvalue weighted by molar-refractivity contribution is -0.384. The molecular formula is C14H17IN2O4. The molecule has 1 aliphatic carbocycles. The molecule has 1 aliphatic rings. The zero-order valence-corrected chi connectivity index (χ0v) is 13.8. The number of nitrogens with zero attached hydrogens (tertiary/aromatic N) is 1. The molecule has 1 aromatic carbocycles. The predicted octanol–water partition coefficient (Wildman–Crippen LogP) is 3.64. The number of carbonyl (C=O) groups is 1. The molecule has 1 fully saturated rings. The summed E-state index contributed by atoms with van der Waals surface area (Å²) >= 11 is 2.02. The summed E-state index contributed by atoms with van der Waals surface area (Å²) < 4.78 is 0.773. The van der Waals surface area contributed by atoms with E-state index in [4.69, 9.17) is 0 Å². The second-order valence-electron chi connectivity index (χ2n) is 5.58. The van der Waals surface area contributed by atoms with Crippen molar-refractivity contribution in [3.05, 3.63) is 31.9 Å². The Hall–Kier alpha value is -1.38. The number of anilines is 1. The van der Waals surface area contributed by atoms with Crippen molar-refractivity contribution in [1.82, 2.24) is 0 Å². The lowest BCUT2D eigenvalue weighted by atomic mass is 9.71. The molecule has 7 heteroatoms. The van der Waals surface area contributed by atoms with Crippen molar-refractivity contribution in [3.63, 3.8) is 0 Å². The van der Waals surface area contributed by atoms with E-state index in [1.165, 1.54) is 6.07 Å². The molecule has 21 heavy (non-hydrogen) atoms. The number of carboxylic acid groups (broad SMARTS) is 1. The summed E-state index contributed by atoms with van der Waals surface area (Å²) in [6, 6.07) is 4.61. The van der Waals surface area contributed by atoms with E-state index in [9.17, 15) is 20.0 Å². The largest absolute Gasteiger partial charge is 0.481 e. The fraction of sp³-hybridized carbons (Fsp3) is 0.500. The number of nitrogens with one attached hydrogen (secondary N) is 1. The Balaban J connectivity index is 2.32. The first kappa shape index (κ1) is 16.0. The van der Waals surface area contributed by atoms with Gasteiger partial charge in [-0.15, -0.1) is 0 Å². The van der Waals surface area contributed by atoms with Crippen LogP contribution >= 0.6 is 22.6 Å². The highest BCUT2D eigenvalue weighted by Crippen LogP contribution is 2.39. The van der Waals surface area contributed by atoms with Gasteiger partial charge in [0.2, 0.25) is 0 Å². The molecule has 0 saturated heterocycles. The number of hydrogen-bond donors (Lipinski definition) is 2. The molecule has 0 heterocycles. The first-order chi connectivity index (χ1) is 9.84. The Kier molecular flexibility index (Phi) is 4.70. The van der Waals surface area contributed by atoms with Gasteiger partial charge in [0.15, 0.2) is 0 Å². The van der Waals surface area contributed by atoms with Gasteiger partial charge in [-0.2, -0.15) is 0 Å². The fourth-order valence-corrected chi connectivity index (χ4v) is 3.26. The van der Waals surface area contributed by atoms with Crippen LogP contribution in [0, 0.1) is 19.1 Å². The number of benzene rings is 1. The van der Waals surface area contributed by atoms with E-state index in [0.29, 0.717) is 18.5 Å². The Bertz CT molecular complexity index is 578. The van der Waals surface area contributed by atoms with Crippen molar-refractivity contribution < 1.29 is 14.8 Å². The molecule has 0 bridgehead atoms. The first-order valence-electron chi connectivity index (χ1n) is 6.78. The number of aliphatic carboxylic acids is 1. The lowest BCUT2D eigenvalue weighted by Crippen LogP contribution is -2.46. The minimum Gasteiger partial charge on any atom is -0.481 e. The van der Waals surface area contributed by atoms with Gasteiger partial charge >= 0.3 is 5.97 Å². The number of hydrogen-bond acceptors (Lipinski definition) is 4. The Morgan fingerprint density at radius 3 is 2.86 bits per heavy atom. The number of halogens is 1. The molecule has 1 saturated carbocycles. The highest BCUT2D eigenvalue weighted by Gasteiger charge is 2.43. The maximum Gasteiger partial charge on any atom is 0.311 e. The van der Waals surface area contributed by atoms with Gasteiger partial charge in [-0.1, -0.05) is 12.8 Å². The van der Waals surface area contributed by atoms with Crippen molar-refractivity contribution in [2.24, 2.45) is 5.41 Å². The molecule has 6 nitrogen and oxygen atoms in total. The van der Waals surface area contributed by atoms with E-state index >= 15 is 0 Å². The van der Waals surface area contributed by atoms with Crippen LogP contribution < -0.4 is 5.32 Å². The van der Waals surface area contributed by atoms with Crippen LogP contribution in [0.5, 0.6) is 0 Å². The SMILES string of the molecule is CC1(C(=O)O)CCCCC1Nc1ccc(I)cc1[N+](=O)[O-]. The second-order valence-corrected chi connectivity index (χ2v) is 6.83. The van der Waals surface area contributed by atoms with E-state index in [-0.39, 0.29) is 11.7 Å². The third-order valence-corrected chi connectivity index (χ3v) is 4.85. The monoisotopic (exact) mass is 404 g/mol. The minimum absolute atomic E-state index is 0.0137. The van der Waals surface area contributed by atoms with E-state index < -0.39 is 16.3 Å². The van der Waals surface area contributed by atoms with Crippen molar-refractivity contribution in [2.45, 2.75) is 38.6 Å². The van der Waals surface area contributed by atoms with Gasteiger partial charge in [-0.3, -0.25) is 14.9 Å². The Morgan fingerprint density at radius 2 is 2.24 bits per heavy atom. The maximum absolute atomic E-state index is 11.6. The zero-order chi connectivity index (χ0) is 15.6. The number of carboxylic acids is 1. The van der Waals surface area contributed by atoms with Gasteiger partial charge in [0, 0.05) is 15.7 Å². The molecule has 0 spiro atoms. The summed E-state index contributed by atoms with van der Waals surface area (Å²) in [5.41, 5.74) is -0.519. The molecular weight excluding hydrogens is 387 g/mol. The van der Waals surface area contributed by atoms with Gasteiger partial charge in [-0.25, -0.2) is 0 Å². The average Bonchev–Trinajstić information content (AvgIpc) is 2.42. The number of nitro benzene ring substituents is 1. The van der Waals surface area contributed by atoms with E-state index in [1.807, 2.05) is 22.6 Å². The van der Waals surface area contributed by atoms with Gasteiger partial charge in [0.1, 0.15) is 5.69 Å². The highest BCUT2D eigenvalue weighted by atomic mass is 127. The summed E-state index contributed by atoms with van der Waals surface area (Å²) in [6.07, 6.45) is 3.08. The highest BCUT2D eigenvalue weighted by molar-refractivity contribution is 14.1. The molecule has 1 aromatic rings. The smallest absolute Gasteiger partial charge is 0.311 e. The van der Waals surface area contributed by atoms with Crippen LogP contribution in [0.1, 0.15) is 32.6 Å². The fourth-order valence-electron chi connectivity index (χ4n) is 2.79. The molecule has 2 N–H and O–H groups in total. The van der Waals surface area contributed by atoms with Gasteiger partial charge in [-0.05, 0) is 54.5 Å². The normalized spacial score (nSPS) is 25.3. The van der Waals surface area contributed by atoms with Crippen LogP contribution in [0.3, 0.4) is 0 Å². The average molecular weight is 404 g/mol. The van der Waals surface area contributed by atoms with Crippen LogP contribution in [-0.2, 0) is 4.79 Å². The molecule has 0 aromatic heterocycles. The molecule has 0 amide bonds. The quantitative estimate of drug-likeness (QED) is 0.454. The predicted molar refractivity (Wildman–Crippen MR) is 87.4 cm³/mol. The second kappa shape index (κ2) is 6.17.